The molecule has 6 heteroatoms. The van der Waals surface area contributed by atoms with E-state index in [1.165, 1.54) is 11.8 Å². The minimum absolute atomic E-state index is 0.387. The molecule has 1 fully saturated rings. The molecule has 1 unspecified atom stereocenters. The lowest BCUT2D eigenvalue weighted by Crippen LogP contribution is -2.41. The van der Waals surface area contributed by atoms with E-state index in [-0.39, 0.29) is 0 Å². The van der Waals surface area contributed by atoms with Gasteiger partial charge in [-0.05, 0) is 55.3 Å². The van der Waals surface area contributed by atoms with Crippen molar-refractivity contribution < 1.29 is 4.74 Å². The molecule has 0 aliphatic carbocycles. The molecule has 0 saturated carbocycles. The number of benzene rings is 2. The van der Waals surface area contributed by atoms with E-state index in [0.717, 1.165) is 49.5 Å². The largest absolute Gasteiger partial charge is 0.492 e. The molecule has 0 aromatic heterocycles. The van der Waals surface area contributed by atoms with Crippen molar-refractivity contribution in [2.75, 3.05) is 37.3 Å². The second-order valence-corrected chi connectivity index (χ2v) is 6.99. The SMILES string of the molecule is N=Cc1cc(NC2CCCN(Cc3cccc(OCCN)c3)C2)ccc1N. The second-order valence-electron chi connectivity index (χ2n) is 6.99. The van der Waals surface area contributed by atoms with Crippen LogP contribution in [-0.2, 0) is 6.54 Å². The quantitative estimate of drug-likeness (QED) is 0.425. The van der Waals surface area contributed by atoms with E-state index in [9.17, 15) is 0 Å². The van der Waals surface area contributed by atoms with Gasteiger partial charge in [0.2, 0.25) is 0 Å². The molecule has 2 aromatic rings. The summed E-state index contributed by atoms with van der Waals surface area (Å²) in [7, 11) is 0. The summed E-state index contributed by atoms with van der Waals surface area (Å²) in [5, 5.41) is 11.1. The molecule has 1 heterocycles. The molecule has 6 nitrogen and oxygen atoms in total. The van der Waals surface area contributed by atoms with Crippen LogP contribution in [0.2, 0.25) is 0 Å². The zero-order valence-electron chi connectivity index (χ0n) is 15.7. The van der Waals surface area contributed by atoms with E-state index in [1.54, 1.807) is 0 Å². The van der Waals surface area contributed by atoms with E-state index in [2.05, 4.69) is 22.3 Å². The first-order valence-electron chi connectivity index (χ1n) is 9.48. The predicted octanol–water partition coefficient (Wildman–Crippen LogP) is 2.68. The lowest BCUT2D eigenvalue weighted by Gasteiger charge is -2.33. The molecule has 144 valence electrons. The molecule has 3 rings (SSSR count). The third kappa shape index (κ3) is 5.45. The average molecular weight is 367 g/mol. The summed E-state index contributed by atoms with van der Waals surface area (Å²) in [5.74, 6) is 0.880. The lowest BCUT2D eigenvalue weighted by molar-refractivity contribution is 0.208. The van der Waals surface area contributed by atoms with Crippen molar-refractivity contribution in [1.29, 1.82) is 5.41 Å². The number of anilines is 2. The van der Waals surface area contributed by atoms with Crippen LogP contribution in [0.5, 0.6) is 5.75 Å². The minimum Gasteiger partial charge on any atom is -0.492 e. The van der Waals surface area contributed by atoms with Gasteiger partial charge >= 0.3 is 0 Å². The maximum Gasteiger partial charge on any atom is 0.119 e. The molecular formula is C21H29N5O. The Morgan fingerprint density at radius 2 is 2.15 bits per heavy atom. The Morgan fingerprint density at radius 3 is 2.96 bits per heavy atom. The topological polar surface area (TPSA) is 100 Å². The average Bonchev–Trinajstić information content (AvgIpc) is 2.68. The summed E-state index contributed by atoms with van der Waals surface area (Å²) >= 11 is 0. The van der Waals surface area contributed by atoms with Crippen LogP contribution >= 0.6 is 0 Å². The second kappa shape index (κ2) is 9.39. The summed E-state index contributed by atoms with van der Waals surface area (Å²) in [6.45, 7) is 4.05. The number of hydrogen-bond acceptors (Lipinski definition) is 6. The number of ether oxygens (including phenoxy) is 1. The van der Waals surface area contributed by atoms with Crippen LogP contribution < -0.4 is 21.5 Å². The minimum atomic E-state index is 0.387. The Kier molecular flexibility index (Phi) is 6.68. The van der Waals surface area contributed by atoms with Gasteiger partial charge in [0.15, 0.2) is 0 Å². The highest BCUT2D eigenvalue weighted by Crippen LogP contribution is 2.22. The summed E-state index contributed by atoms with van der Waals surface area (Å²) in [6.07, 6.45) is 3.60. The standard InChI is InChI=1S/C21H29N5O/c22-8-10-27-20-5-1-3-16(11-20)14-26-9-2-4-19(15-26)25-18-6-7-21(24)17(12-18)13-23/h1,3,5-7,11-13,19,23,25H,2,4,8-10,14-15,22,24H2. The van der Waals surface area contributed by atoms with E-state index >= 15 is 0 Å². The smallest absolute Gasteiger partial charge is 0.119 e. The van der Waals surface area contributed by atoms with Gasteiger partial charge in [0.25, 0.3) is 0 Å². The van der Waals surface area contributed by atoms with Crippen LogP contribution in [0.4, 0.5) is 11.4 Å². The molecule has 27 heavy (non-hydrogen) atoms. The Morgan fingerprint density at radius 1 is 1.26 bits per heavy atom. The van der Waals surface area contributed by atoms with E-state index in [0.29, 0.717) is 24.9 Å². The van der Waals surface area contributed by atoms with Gasteiger partial charge in [-0.25, -0.2) is 0 Å². The first-order valence-corrected chi connectivity index (χ1v) is 9.48. The maximum absolute atomic E-state index is 7.46. The number of nitrogens with zero attached hydrogens (tertiary/aromatic N) is 1. The fourth-order valence-electron chi connectivity index (χ4n) is 3.51. The number of likely N-dealkylation sites (tertiary alicyclic amines) is 1. The van der Waals surface area contributed by atoms with Crippen molar-refractivity contribution in [1.82, 2.24) is 4.90 Å². The molecule has 0 bridgehead atoms. The van der Waals surface area contributed by atoms with Gasteiger partial charge in [0.1, 0.15) is 12.4 Å². The third-order valence-corrected chi connectivity index (χ3v) is 4.81. The highest BCUT2D eigenvalue weighted by Gasteiger charge is 2.20. The molecule has 0 amide bonds. The van der Waals surface area contributed by atoms with Crippen molar-refractivity contribution in [3.8, 4) is 5.75 Å². The molecule has 1 atom stereocenters. The summed E-state index contributed by atoms with van der Waals surface area (Å²) in [6, 6.07) is 14.4. The molecular weight excluding hydrogens is 338 g/mol. The van der Waals surface area contributed by atoms with E-state index in [4.69, 9.17) is 21.6 Å². The number of nitrogens with two attached hydrogens (primary N) is 2. The molecule has 0 spiro atoms. The Balaban J connectivity index is 1.58. The number of hydrogen-bond donors (Lipinski definition) is 4. The Labute approximate surface area is 161 Å². The first kappa shape index (κ1) is 19.2. The number of piperidine rings is 1. The maximum atomic E-state index is 7.46. The number of nitrogens with one attached hydrogen (secondary N) is 2. The van der Waals surface area contributed by atoms with Crippen LogP contribution in [0.25, 0.3) is 0 Å². The summed E-state index contributed by atoms with van der Waals surface area (Å²) in [5.41, 5.74) is 15.1. The van der Waals surface area contributed by atoms with Crippen molar-refractivity contribution in [3.05, 3.63) is 53.6 Å². The van der Waals surface area contributed by atoms with Crippen molar-refractivity contribution in [3.63, 3.8) is 0 Å². The summed E-state index contributed by atoms with van der Waals surface area (Å²) in [4.78, 5) is 2.47. The van der Waals surface area contributed by atoms with Crippen molar-refractivity contribution in [2.24, 2.45) is 5.73 Å². The van der Waals surface area contributed by atoms with Crippen molar-refractivity contribution >= 4 is 17.6 Å². The molecule has 1 saturated heterocycles. The van der Waals surface area contributed by atoms with Gasteiger partial charge in [-0.3, -0.25) is 4.90 Å². The van der Waals surface area contributed by atoms with Gasteiger partial charge in [-0.2, -0.15) is 0 Å². The zero-order valence-corrected chi connectivity index (χ0v) is 15.7. The van der Waals surface area contributed by atoms with Gasteiger partial charge in [0, 0.05) is 48.8 Å². The Hall–Kier alpha value is -2.57. The van der Waals surface area contributed by atoms with Gasteiger partial charge in [-0.1, -0.05) is 12.1 Å². The monoisotopic (exact) mass is 367 g/mol. The molecule has 0 radical (unpaired) electrons. The van der Waals surface area contributed by atoms with Gasteiger partial charge < -0.3 is 26.9 Å². The van der Waals surface area contributed by atoms with Crippen LogP contribution in [0.15, 0.2) is 42.5 Å². The third-order valence-electron chi connectivity index (χ3n) is 4.81. The molecule has 1 aliphatic rings. The molecule has 2 aromatic carbocycles. The van der Waals surface area contributed by atoms with Gasteiger partial charge in [0.05, 0.1) is 0 Å². The highest BCUT2D eigenvalue weighted by atomic mass is 16.5. The molecule has 6 N–H and O–H groups in total. The van der Waals surface area contributed by atoms with Crippen molar-refractivity contribution in [2.45, 2.75) is 25.4 Å². The zero-order chi connectivity index (χ0) is 19.1. The molecule has 1 aliphatic heterocycles. The van der Waals surface area contributed by atoms with Crippen LogP contribution in [0.3, 0.4) is 0 Å². The summed E-state index contributed by atoms with van der Waals surface area (Å²) < 4.78 is 5.63. The predicted molar refractivity (Wildman–Crippen MR) is 112 cm³/mol. The fourth-order valence-corrected chi connectivity index (χ4v) is 3.51. The number of nitrogen functional groups attached to an aromatic ring is 1. The fraction of sp³-hybridized carbons (Fsp3) is 0.381. The lowest BCUT2D eigenvalue weighted by atomic mass is 10.0. The van der Waals surface area contributed by atoms with Crippen LogP contribution in [0.1, 0.15) is 24.0 Å². The van der Waals surface area contributed by atoms with Crippen LogP contribution in [0, 0.1) is 5.41 Å². The van der Waals surface area contributed by atoms with Crippen LogP contribution in [-0.4, -0.2) is 43.4 Å². The van der Waals surface area contributed by atoms with E-state index in [1.807, 2.05) is 30.3 Å². The first-order chi connectivity index (χ1) is 13.2. The Bertz CT molecular complexity index is 764. The highest BCUT2D eigenvalue weighted by molar-refractivity contribution is 5.86. The van der Waals surface area contributed by atoms with E-state index < -0.39 is 0 Å². The van der Waals surface area contributed by atoms with Gasteiger partial charge in [-0.15, -0.1) is 0 Å². The number of rotatable bonds is 8. The normalized spacial score (nSPS) is 17.4.